The first-order valence-corrected chi connectivity index (χ1v) is 14.2. The molecule has 3 aromatic carbocycles. The van der Waals surface area contributed by atoms with Crippen LogP contribution in [0.3, 0.4) is 0 Å². The van der Waals surface area contributed by atoms with Gasteiger partial charge >= 0.3 is 0 Å². The van der Waals surface area contributed by atoms with Gasteiger partial charge in [-0.15, -0.1) is 0 Å². The van der Waals surface area contributed by atoms with Gasteiger partial charge in [-0.1, -0.05) is 65.7 Å². The average Bonchev–Trinajstić information content (AvgIpc) is 2.90. The molecule has 38 heavy (non-hydrogen) atoms. The number of sulfonamides is 1. The molecular weight excluding hydrogens is 549 g/mol. The van der Waals surface area contributed by atoms with Crippen molar-refractivity contribution >= 4 is 50.7 Å². The van der Waals surface area contributed by atoms with Crippen LogP contribution in [0, 0.1) is 0 Å². The largest absolute Gasteiger partial charge is 0.497 e. The monoisotopic (exact) mass is 577 g/mol. The Hall–Kier alpha value is -3.27. The van der Waals surface area contributed by atoms with E-state index in [1.807, 2.05) is 30.3 Å². The molecule has 11 heteroatoms. The fourth-order valence-corrected chi connectivity index (χ4v) is 5.25. The van der Waals surface area contributed by atoms with E-state index in [1.165, 1.54) is 37.3 Å². The Morgan fingerprint density at radius 3 is 2.29 bits per heavy atom. The number of methoxy groups -OCH3 is 1. The molecule has 0 radical (unpaired) electrons. The Morgan fingerprint density at radius 1 is 0.974 bits per heavy atom. The number of carbonyl (C=O) groups excluding carboxylic acids is 2. The first kappa shape index (κ1) is 29.3. The Kier molecular flexibility index (Phi) is 10.0. The summed E-state index contributed by atoms with van der Waals surface area (Å²) in [5.41, 5.74) is 1.60. The zero-order valence-corrected chi connectivity index (χ0v) is 23.6. The van der Waals surface area contributed by atoms with Crippen molar-refractivity contribution in [3.05, 3.63) is 94.0 Å². The second kappa shape index (κ2) is 13.0. The number of nitrogens with one attached hydrogen (secondary N) is 1. The van der Waals surface area contributed by atoms with Crippen LogP contribution >= 0.6 is 23.2 Å². The second-order valence-corrected chi connectivity index (χ2v) is 11.3. The molecule has 0 heterocycles. The van der Waals surface area contributed by atoms with Crippen molar-refractivity contribution in [3.8, 4) is 5.75 Å². The summed E-state index contributed by atoms with van der Waals surface area (Å²) in [6.45, 7) is -0.563. The van der Waals surface area contributed by atoms with Crippen molar-refractivity contribution in [3.63, 3.8) is 0 Å². The summed E-state index contributed by atoms with van der Waals surface area (Å²) in [5.74, 6) is -0.409. The third-order valence-corrected chi connectivity index (χ3v) is 7.54. The van der Waals surface area contributed by atoms with Crippen LogP contribution in [0.5, 0.6) is 5.75 Å². The molecule has 1 N–H and O–H groups in total. The van der Waals surface area contributed by atoms with E-state index >= 15 is 0 Å². The third-order valence-electron chi connectivity index (χ3n) is 5.86. The molecule has 3 aromatic rings. The molecule has 0 saturated heterocycles. The zero-order chi connectivity index (χ0) is 27.9. The molecule has 0 aliphatic heterocycles. The van der Waals surface area contributed by atoms with Gasteiger partial charge in [0.25, 0.3) is 0 Å². The van der Waals surface area contributed by atoms with Gasteiger partial charge in [0.05, 0.1) is 24.1 Å². The van der Waals surface area contributed by atoms with E-state index in [1.54, 1.807) is 24.3 Å². The van der Waals surface area contributed by atoms with Crippen LogP contribution in [0.15, 0.2) is 72.8 Å². The highest BCUT2D eigenvalue weighted by Gasteiger charge is 2.33. The van der Waals surface area contributed by atoms with Crippen LogP contribution in [0.4, 0.5) is 5.69 Å². The quantitative estimate of drug-likeness (QED) is 0.369. The van der Waals surface area contributed by atoms with E-state index in [4.69, 9.17) is 27.9 Å². The van der Waals surface area contributed by atoms with E-state index in [-0.39, 0.29) is 28.7 Å². The van der Waals surface area contributed by atoms with Gasteiger partial charge in [0.2, 0.25) is 21.8 Å². The van der Waals surface area contributed by atoms with Gasteiger partial charge < -0.3 is 15.0 Å². The lowest BCUT2D eigenvalue weighted by atomic mass is 10.0. The SMILES string of the molecule is CNC(=O)C(Cc1ccccc1)N(Cc1cccc(OC)c1)C(=O)CN(c1cc(Cl)ccc1Cl)S(C)(=O)=O. The number of nitrogens with zero attached hydrogens (tertiary/aromatic N) is 2. The molecule has 0 spiro atoms. The maximum atomic E-state index is 13.9. The second-order valence-electron chi connectivity index (χ2n) is 8.56. The van der Waals surface area contributed by atoms with Crippen LogP contribution in [-0.2, 0) is 32.6 Å². The van der Waals surface area contributed by atoms with Crippen LogP contribution in [0.1, 0.15) is 11.1 Å². The summed E-state index contributed by atoms with van der Waals surface area (Å²) in [4.78, 5) is 28.4. The topological polar surface area (TPSA) is 96.0 Å². The molecule has 0 fully saturated rings. The van der Waals surface area contributed by atoms with Crippen LogP contribution in [0.2, 0.25) is 10.0 Å². The minimum atomic E-state index is -3.96. The molecule has 0 aliphatic rings. The number of likely N-dealkylation sites (N-methyl/N-ethyl adjacent to an activating group) is 1. The molecule has 0 aromatic heterocycles. The highest BCUT2D eigenvalue weighted by atomic mass is 35.5. The molecule has 0 bridgehead atoms. The lowest BCUT2D eigenvalue weighted by Gasteiger charge is -2.33. The van der Waals surface area contributed by atoms with Crippen LogP contribution in [0.25, 0.3) is 0 Å². The Morgan fingerprint density at radius 2 is 1.66 bits per heavy atom. The van der Waals surface area contributed by atoms with Gasteiger partial charge in [0.15, 0.2) is 0 Å². The first-order valence-electron chi connectivity index (χ1n) is 11.6. The number of anilines is 1. The fraction of sp³-hybridized carbons (Fsp3) is 0.259. The predicted octanol–water partition coefficient (Wildman–Crippen LogP) is 4.15. The normalized spacial score (nSPS) is 11.9. The minimum Gasteiger partial charge on any atom is -0.497 e. The van der Waals surface area contributed by atoms with Crippen LogP contribution < -0.4 is 14.4 Å². The Bertz CT molecular complexity index is 1390. The minimum absolute atomic E-state index is 0.0296. The summed E-state index contributed by atoms with van der Waals surface area (Å²) in [5, 5.41) is 3.00. The number of benzene rings is 3. The van der Waals surface area contributed by atoms with Gasteiger partial charge in [-0.3, -0.25) is 13.9 Å². The number of hydrogen-bond donors (Lipinski definition) is 1. The molecule has 8 nitrogen and oxygen atoms in total. The smallest absolute Gasteiger partial charge is 0.244 e. The Labute approximate surface area is 233 Å². The maximum absolute atomic E-state index is 13.9. The third kappa shape index (κ3) is 7.63. The van der Waals surface area contributed by atoms with Gasteiger partial charge in [0.1, 0.15) is 18.3 Å². The number of amides is 2. The van der Waals surface area contributed by atoms with E-state index in [0.29, 0.717) is 11.3 Å². The standard InChI is InChI=1S/C27H29Cl2N3O5S/c1-30-27(34)25(15-19-8-5-4-6-9-19)31(17-20-10-7-11-22(14-20)37-2)26(33)18-32(38(3,35)36)24-16-21(28)12-13-23(24)29/h4-14,16,25H,15,17-18H2,1-3H3,(H,30,34). The van der Waals surface area contributed by atoms with E-state index in [2.05, 4.69) is 5.32 Å². The molecule has 202 valence electrons. The summed E-state index contributed by atoms with van der Waals surface area (Å²) in [7, 11) is -0.937. The van der Waals surface area contributed by atoms with Gasteiger partial charge in [-0.05, 0) is 41.5 Å². The zero-order valence-electron chi connectivity index (χ0n) is 21.2. The van der Waals surface area contributed by atoms with Gasteiger partial charge in [0, 0.05) is 25.0 Å². The maximum Gasteiger partial charge on any atom is 0.244 e. The number of halogens is 2. The summed E-state index contributed by atoms with van der Waals surface area (Å²) < 4.78 is 31.8. The number of carbonyl (C=O) groups is 2. The van der Waals surface area contributed by atoms with E-state index in [9.17, 15) is 18.0 Å². The van der Waals surface area contributed by atoms with Crippen molar-refractivity contribution in [2.24, 2.45) is 0 Å². The summed E-state index contributed by atoms with van der Waals surface area (Å²) in [6, 6.07) is 19.8. The Balaban J connectivity index is 2.06. The molecule has 2 amide bonds. The van der Waals surface area contributed by atoms with Crippen LogP contribution in [-0.4, -0.2) is 58.1 Å². The molecule has 0 saturated carbocycles. The molecule has 3 rings (SSSR count). The van der Waals surface area contributed by atoms with Crippen molar-refractivity contribution in [1.29, 1.82) is 0 Å². The van der Waals surface area contributed by atoms with E-state index < -0.39 is 34.4 Å². The lowest BCUT2D eigenvalue weighted by Crippen LogP contribution is -2.52. The van der Waals surface area contributed by atoms with Gasteiger partial charge in [-0.25, -0.2) is 8.42 Å². The van der Waals surface area contributed by atoms with Crippen molar-refractivity contribution in [2.45, 2.75) is 19.0 Å². The lowest BCUT2D eigenvalue weighted by molar-refractivity contribution is -0.139. The first-order chi connectivity index (χ1) is 18.0. The highest BCUT2D eigenvalue weighted by Crippen LogP contribution is 2.31. The molecule has 0 aliphatic carbocycles. The van der Waals surface area contributed by atoms with Crippen molar-refractivity contribution in [2.75, 3.05) is 31.3 Å². The predicted molar refractivity (Wildman–Crippen MR) is 150 cm³/mol. The summed E-state index contributed by atoms with van der Waals surface area (Å²) in [6.07, 6.45) is 1.19. The van der Waals surface area contributed by atoms with Crippen molar-refractivity contribution < 1.29 is 22.7 Å². The number of ether oxygens (including phenoxy) is 1. The molecule has 1 unspecified atom stereocenters. The van der Waals surface area contributed by atoms with Gasteiger partial charge in [-0.2, -0.15) is 0 Å². The number of hydrogen-bond acceptors (Lipinski definition) is 5. The molecular formula is C27H29Cl2N3O5S. The van der Waals surface area contributed by atoms with Crippen molar-refractivity contribution in [1.82, 2.24) is 10.2 Å². The highest BCUT2D eigenvalue weighted by molar-refractivity contribution is 7.92. The summed E-state index contributed by atoms with van der Waals surface area (Å²) >= 11 is 12.4. The molecule has 1 atom stereocenters. The average molecular weight is 579 g/mol. The number of rotatable bonds is 11. The van der Waals surface area contributed by atoms with E-state index in [0.717, 1.165) is 16.1 Å². The fourth-order valence-electron chi connectivity index (χ4n) is 3.96.